The zero-order chi connectivity index (χ0) is 13.6. The first-order valence-corrected chi connectivity index (χ1v) is 7.13. The normalized spacial score (nSPS) is 18.7. The van der Waals surface area contributed by atoms with Gasteiger partial charge in [-0.1, -0.05) is 36.4 Å². The summed E-state index contributed by atoms with van der Waals surface area (Å²) in [7, 11) is 0. The van der Waals surface area contributed by atoms with E-state index in [1.54, 1.807) is 0 Å². The molecule has 0 radical (unpaired) electrons. The van der Waals surface area contributed by atoms with E-state index in [0.717, 1.165) is 26.2 Å². The van der Waals surface area contributed by atoms with Crippen molar-refractivity contribution < 1.29 is 4.74 Å². The molecule has 1 aliphatic heterocycles. The van der Waals surface area contributed by atoms with Crippen LogP contribution in [0.15, 0.2) is 60.7 Å². The van der Waals surface area contributed by atoms with Crippen LogP contribution >= 0.6 is 0 Å². The van der Waals surface area contributed by atoms with Crippen molar-refractivity contribution >= 4 is 11.4 Å². The van der Waals surface area contributed by atoms with Gasteiger partial charge in [0.05, 0.1) is 19.3 Å². The van der Waals surface area contributed by atoms with Gasteiger partial charge in [-0.15, -0.1) is 0 Å². The molecule has 0 amide bonds. The molecular weight excluding hydrogens is 248 g/mol. The van der Waals surface area contributed by atoms with Gasteiger partial charge >= 0.3 is 0 Å². The number of nitrogens with one attached hydrogen (secondary N) is 1. The van der Waals surface area contributed by atoms with E-state index in [1.807, 2.05) is 12.1 Å². The lowest BCUT2D eigenvalue weighted by Gasteiger charge is -2.32. The zero-order valence-corrected chi connectivity index (χ0v) is 11.5. The van der Waals surface area contributed by atoms with Crippen LogP contribution in [0.4, 0.5) is 11.4 Å². The average molecular weight is 268 g/mol. The largest absolute Gasteiger partial charge is 0.374 e. The minimum atomic E-state index is 0.226. The lowest BCUT2D eigenvalue weighted by atomic mass is 10.2. The number of benzene rings is 2. The van der Waals surface area contributed by atoms with Gasteiger partial charge in [-0.2, -0.15) is 0 Å². The highest BCUT2D eigenvalue weighted by molar-refractivity contribution is 5.63. The highest BCUT2D eigenvalue weighted by Crippen LogP contribution is 2.25. The van der Waals surface area contributed by atoms with Crippen molar-refractivity contribution in [2.75, 3.05) is 31.1 Å². The third-order valence-electron chi connectivity index (χ3n) is 3.53. The Balaban J connectivity index is 1.83. The topological polar surface area (TPSA) is 24.5 Å². The number of hydrogen-bond donors (Lipinski definition) is 1. The van der Waals surface area contributed by atoms with Crippen molar-refractivity contribution in [1.29, 1.82) is 0 Å². The Morgan fingerprint density at radius 2 is 1.55 bits per heavy atom. The fourth-order valence-electron chi connectivity index (χ4n) is 2.52. The van der Waals surface area contributed by atoms with Crippen molar-refractivity contribution in [1.82, 2.24) is 5.32 Å². The number of para-hydroxylation sites is 2. The van der Waals surface area contributed by atoms with Crippen LogP contribution in [0, 0.1) is 0 Å². The molecule has 0 aliphatic carbocycles. The molecule has 2 aromatic carbocycles. The molecule has 0 saturated carbocycles. The molecule has 1 unspecified atom stereocenters. The molecule has 1 saturated heterocycles. The molecule has 1 heterocycles. The summed E-state index contributed by atoms with van der Waals surface area (Å²) >= 11 is 0. The maximum Gasteiger partial charge on any atom is 0.0878 e. The number of rotatable bonds is 4. The van der Waals surface area contributed by atoms with Crippen LogP contribution < -0.4 is 10.2 Å². The maximum atomic E-state index is 5.85. The summed E-state index contributed by atoms with van der Waals surface area (Å²) in [6.45, 7) is 3.52. The summed E-state index contributed by atoms with van der Waals surface area (Å²) < 4.78 is 5.85. The minimum Gasteiger partial charge on any atom is -0.374 e. The van der Waals surface area contributed by atoms with E-state index in [2.05, 4.69) is 58.7 Å². The first-order chi connectivity index (χ1) is 9.93. The predicted octanol–water partition coefficient (Wildman–Crippen LogP) is 2.81. The summed E-state index contributed by atoms with van der Waals surface area (Å²) in [5.74, 6) is 0. The van der Waals surface area contributed by atoms with E-state index in [4.69, 9.17) is 4.74 Å². The van der Waals surface area contributed by atoms with Crippen LogP contribution in [0.2, 0.25) is 0 Å². The number of hydrogen-bond acceptors (Lipinski definition) is 3. The molecule has 3 rings (SSSR count). The van der Waals surface area contributed by atoms with E-state index in [-0.39, 0.29) is 6.10 Å². The van der Waals surface area contributed by atoms with Gasteiger partial charge in [-0.25, -0.2) is 0 Å². The lowest BCUT2D eigenvalue weighted by molar-refractivity contribution is 0.0346. The van der Waals surface area contributed by atoms with E-state index >= 15 is 0 Å². The number of ether oxygens (including phenoxy) is 1. The molecule has 1 fully saturated rings. The first-order valence-electron chi connectivity index (χ1n) is 7.13. The third-order valence-corrected chi connectivity index (χ3v) is 3.53. The van der Waals surface area contributed by atoms with Gasteiger partial charge in [0.1, 0.15) is 0 Å². The second-order valence-electron chi connectivity index (χ2n) is 4.98. The summed E-state index contributed by atoms with van der Waals surface area (Å²) in [5, 5.41) is 3.39. The summed E-state index contributed by atoms with van der Waals surface area (Å²) in [6, 6.07) is 21.0. The number of nitrogens with zero attached hydrogens (tertiary/aromatic N) is 1. The standard InChI is InChI=1S/C17H20N2O/c1-3-7-15(8-4-1)19(16-9-5-2-6-10-16)14-17-13-18-11-12-20-17/h1-10,17-18H,11-14H2. The Bertz CT molecular complexity index is 470. The molecule has 0 aromatic heterocycles. The SMILES string of the molecule is c1ccc(N(CC2CNCCO2)c2ccccc2)cc1. The van der Waals surface area contributed by atoms with Gasteiger partial charge in [0.2, 0.25) is 0 Å². The van der Waals surface area contributed by atoms with Gasteiger partial charge in [0.25, 0.3) is 0 Å². The number of anilines is 2. The van der Waals surface area contributed by atoms with Crippen LogP contribution in [0.3, 0.4) is 0 Å². The summed E-state index contributed by atoms with van der Waals surface area (Å²) in [6.07, 6.45) is 0.226. The lowest BCUT2D eigenvalue weighted by Crippen LogP contribution is -2.44. The first kappa shape index (κ1) is 13.2. The van der Waals surface area contributed by atoms with Crippen LogP contribution in [-0.2, 0) is 4.74 Å². The van der Waals surface area contributed by atoms with Crippen molar-refractivity contribution in [2.45, 2.75) is 6.10 Å². The van der Waals surface area contributed by atoms with Crippen LogP contribution in [0.1, 0.15) is 0 Å². The quantitative estimate of drug-likeness (QED) is 0.923. The Kier molecular flexibility index (Phi) is 4.31. The fourth-order valence-corrected chi connectivity index (χ4v) is 2.52. The molecule has 104 valence electrons. The molecule has 1 atom stereocenters. The van der Waals surface area contributed by atoms with Gasteiger partial charge in [-0.05, 0) is 24.3 Å². The van der Waals surface area contributed by atoms with Crippen molar-refractivity contribution in [3.8, 4) is 0 Å². The molecule has 2 aromatic rings. The smallest absolute Gasteiger partial charge is 0.0878 e. The van der Waals surface area contributed by atoms with E-state index in [9.17, 15) is 0 Å². The molecular formula is C17H20N2O. The van der Waals surface area contributed by atoms with Crippen molar-refractivity contribution in [2.24, 2.45) is 0 Å². The Morgan fingerprint density at radius 3 is 2.05 bits per heavy atom. The molecule has 1 aliphatic rings. The Hall–Kier alpha value is -1.84. The average Bonchev–Trinajstić information content (AvgIpc) is 2.55. The molecule has 3 nitrogen and oxygen atoms in total. The van der Waals surface area contributed by atoms with Crippen molar-refractivity contribution in [3.63, 3.8) is 0 Å². The monoisotopic (exact) mass is 268 g/mol. The Morgan fingerprint density at radius 1 is 0.950 bits per heavy atom. The van der Waals surface area contributed by atoms with Gasteiger partial charge in [0, 0.05) is 24.5 Å². The number of morpholine rings is 1. The maximum absolute atomic E-state index is 5.85. The van der Waals surface area contributed by atoms with Crippen LogP contribution in [0.5, 0.6) is 0 Å². The second kappa shape index (κ2) is 6.55. The van der Waals surface area contributed by atoms with Gasteiger partial charge in [0.15, 0.2) is 0 Å². The molecule has 1 N–H and O–H groups in total. The molecule has 0 spiro atoms. The highest BCUT2D eigenvalue weighted by atomic mass is 16.5. The minimum absolute atomic E-state index is 0.226. The molecule has 0 bridgehead atoms. The van der Waals surface area contributed by atoms with E-state index in [1.165, 1.54) is 11.4 Å². The van der Waals surface area contributed by atoms with Crippen LogP contribution in [-0.4, -0.2) is 32.3 Å². The van der Waals surface area contributed by atoms with E-state index < -0.39 is 0 Å². The van der Waals surface area contributed by atoms with Crippen molar-refractivity contribution in [3.05, 3.63) is 60.7 Å². The zero-order valence-electron chi connectivity index (χ0n) is 11.5. The third kappa shape index (κ3) is 3.18. The van der Waals surface area contributed by atoms with E-state index in [0.29, 0.717) is 0 Å². The summed E-state index contributed by atoms with van der Waals surface area (Å²) in [4.78, 5) is 2.32. The second-order valence-corrected chi connectivity index (χ2v) is 4.98. The van der Waals surface area contributed by atoms with Gasteiger partial charge < -0.3 is 15.0 Å². The highest BCUT2D eigenvalue weighted by Gasteiger charge is 2.18. The fraction of sp³-hybridized carbons (Fsp3) is 0.294. The molecule has 20 heavy (non-hydrogen) atoms. The molecule has 3 heteroatoms. The summed E-state index contributed by atoms with van der Waals surface area (Å²) in [5.41, 5.74) is 2.40. The predicted molar refractivity (Wildman–Crippen MR) is 82.5 cm³/mol. The van der Waals surface area contributed by atoms with Crippen LogP contribution in [0.25, 0.3) is 0 Å². The Labute approximate surface area is 120 Å². The van der Waals surface area contributed by atoms with Gasteiger partial charge in [-0.3, -0.25) is 0 Å².